The van der Waals surface area contributed by atoms with E-state index in [1.165, 1.54) is 0 Å². The smallest absolute Gasteiger partial charge is 0.126 e. The highest BCUT2D eigenvalue weighted by molar-refractivity contribution is 7.64. The zero-order valence-corrected chi connectivity index (χ0v) is 12.3. The molecule has 0 saturated carbocycles. The van der Waals surface area contributed by atoms with Crippen LogP contribution in [0, 0.1) is 10.8 Å². The second-order valence-corrected chi connectivity index (χ2v) is 14.8. The molecule has 0 amide bonds. The molecule has 13 heavy (non-hydrogen) atoms. The van der Waals surface area contributed by atoms with Gasteiger partial charge in [-0.1, -0.05) is 34.6 Å². The summed E-state index contributed by atoms with van der Waals surface area (Å²) in [6.45, 7) is 11.0. The summed E-state index contributed by atoms with van der Waals surface area (Å²) in [7, 11) is 0. The summed E-state index contributed by atoms with van der Waals surface area (Å²) in [6.07, 6.45) is 1.08. The average molecular weight is 262 g/mol. The van der Waals surface area contributed by atoms with Crippen LogP contribution in [0.3, 0.4) is 0 Å². The molecule has 0 aromatic heterocycles. The van der Waals surface area contributed by atoms with Gasteiger partial charge in [0.25, 0.3) is 0 Å². The maximum atomic E-state index is 5.92. The molecule has 0 aliphatic carbocycles. The molecule has 80 valence electrons. The molecule has 0 aliphatic heterocycles. The Balaban J connectivity index is 4.25. The Morgan fingerprint density at radius 1 is 0.923 bits per heavy atom. The lowest BCUT2D eigenvalue weighted by molar-refractivity contribution is 0.233. The molecule has 0 N–H and O–H groups in total. The monoisotopic (exact) mass is 260 g/mol. The minimum Gasteiger partial charge on any atom is -0.126 e. The zero-order chi connectivity index (χ0) is 10.9. The Bertz CT molecular complexity index is 147. The number of hydrogen-bond acceptors (Lipinski definition) is 0. The molecule has 0 saturated heterocycles. The van der Waals surface area contributed by atoms with Crippen LogP contribution in [0.2, 0.25) is 6.04 Å². The Kier molecular flexibility index (Phi) is 4.66. The molecule has 0 aromatic rings. The Hall–Kier alpha value is 1.09. The van der Waals surface area contributed by atoms with E-state index in [1.807, 2.05) is 0 Å². The van der Waals surface area contributed by atoms with Crippen LogP contribution in [-0.4, -0.2) is 6.00 Å². The van der Waals surface area contributed by atoms with Gasteiger partial charge in [-0.15, -0.1) is 33.2 Å². The van der Waals surface area contributed by atoms with E-state index in [-0.39, 0.29) is 5.41 Å². The molecule has 0 heterocycles. The highest BCUT2D eigenvalue weighted by Crippen LogP contribution is 2.42. The van der Waals surface area contributed by atoms with E-state index in [1.54, 1.807) is 0 Å². The fourth-order valence-electron chi connectivity index (χ4n) is 2.04. The Morgan fingerprint density at radius 2 is 1.31 bits per heavy atom. The van der Waals surface area contributed by atoms with Crippen molar-refractivity contribution in [2.45, 2.75) is 47.1 Å². The largest absolute Gasteiger partial charge is 0.341 e. The van der Waals surface area contributed by atoms with Crippen molar-refractivity contribution in [2.24, 2.45) is 10.8 Å². The first-order valence-electron chi connectivity index (χ1n) is 4.48. The van der Waals surface area contributed by atoms with Crippen LogP contribution in [0.15, 0.2) is 0 Å². The molecule has 0 aromatic carbocycles. The first-order chi connectivity index (χ1) is 5.41. The van der Waals surface area contributed by atoms with E-state index in [0.717, 1.165) is 12.5 Å². The molecule has 0 bridgehead atoms. The first kappa shape index (κ1) is 14.1. The van der Waals surface area contributed by atoms with Crippen molar-refractivity contribution < 1.29 is 0 Å². The van der Waals surface area contributed by atoms with Gasteiger partial charge >= 0.3 is 6.00 Å². The van der Waals surface area contributed by atoms with Crippen LogP contribution >= 0.6 is 33.2 Å². The predicted molar refractivity (Wildman–Crippen MR) is 66.0 cm³/mol. The lowest BCUT2D eigenvalue weighted by Crippen LogP contribution is -2.27. The first-order valence-corrected chi connectivity index (χ1v) is 9.72. The summed E-state index contributed by atoms with van der Waals surface area (Å²) in [6, 6.07) is -1.74. The second kappa shape index (κ2) is 4.30. The van der Waals surface area contributed by atoms with Crippen molar-refractivity contribution in [2.75, 3.05) is 0 Å². The van der Waals surface area contributed by atoms with Gasteiger partial charge in [0.15, 0.2) is 0 Å². The maximum absolute atomic E-state index is 5.92. The quantitative estimate of drug-likeness (QED) is 0.489. The van der Waals surface area contributed by atoms with Gasteiger partial charge in [-0.2, -0.15) is 0 Å². The number of hydrogen-bond donors (Lipinski definition) is 0. The van der Waals surface area contributed by atoms with Gasteiger partial charge in [0.2, 0.25) is 0 Å². The van der Waals surface area contributed by atoms with Crippen molar-refractivity contribution in [3.05, 3.63) is 0 Å². The third-order valence-electron chi connectivity index (χ3n) is 1.69. The lowest BCUT2D eigenvalue weighted by Gasteiger charge is -2.33. The molecule has 0 spiro atoms. The standard InChI is InChI=1S/C9H19Cl3Si/c1-8(2,3)6-9(4,5)7-13(10,11)12/h6-7H2,1-5H3. The Labute approximate surface area is 97.1 Å². The van der Waals surface area contributed by atoms with Crippen LogP contribution < -0.4 is 0 Å². The predicted octanol–water partition coefficient (Wildman–Crippen LogP) is 5.10. The highest BCUT2D eigenvalue weighted by atomic mass is 35.8. The van der Waals surface area contributed by atoms with E-state index >= 15 is 0 Å². The topological polar surface area (TPSA) is 0 Å². The fourth-order valence-corrected chi connectivity index (χ4v) is 6.51. The van der Waals surface area contributed by atoms with Gasteiger partial charge in [0.1, 0.15) is 0 Å². The normalized spacial score (nSPS) is 14.8. The van der Waals surface area contributed by atoms with E-state index in [9.17, 15) is 0 Å². The molecule has 0 rings (SSSR count). The average Bonchev–Trinajstić information content (AvgIpc) is 1.43. The number of rotatable bonds is 3. The fraction of sp³-hybridized carbons (Fsp3) is 1.00. The summed E-state index contributed by atoms with van der Waals surface area (Å²) in [5.41, 5.74) is 0.434. The van der Waals surface area contributed by atoms with Crippen LogP contribution in [0.4, 0.5) is 0 Å². The third kappa shape index (κ3) is 9.39. The van der Waals surface area contributed by atoms with Crippen LogP contribution in [-0.2, 0) is 0 Å². The molecule has 0 aliphatic rings. The van der Waals surface area contributed by atoms with Crippen molar-refractivity contribution >= 4 is 39.2 Å². The Morgan fingerprint density at radius 3 is 1.54 bits per heavy atom. The highest BCUT2D eigenvalue weighted by Gasteiger charge is 2.36. The molecule has 0 fully saturated rings. The minimum atomic E-state index is -2.48. The minimum absolute atomic E-state index is 0.135. The third-order valence-corrected chi connectivity index (χ3v) is 4.25. The number of halogens is 3. The molecule has 0 unspecified atom stereocenters. The van der Waals surface area contributed by atoms with Gasteiger partial charge in [-0.25, -0.2) is 0 Å². The maximum Gasteiger partial charge on any atom is 0.341 e. The van der Waals surface area contributed by atoms with Gasteiger partial charge in [0, 0.05) is 0 Å². The molecule has 0 nitrogen and oxygen atoms in total. The van der Waals surface area contributed by atoms with E-state index in [4.69, 9.17) is 33.2 Å². The SMILES string of the molecule is CC(C)(C)CC(C)(C)C[Si](Cl)(Cl)Cl. The molecule has 4 heteroatoms. The van der Waals surface area contributed by atoms with Crippen LogP contribution in [0.5, 0.6) is 0 Å². The van der Waals surface area contributed by atoms with Gasteiger partial charge in [0.05, 0.1) is 0 Å². The van der Waals surface area contributed by atoms with E-state index in [2.05, 4.69) is 34.6 Å². The van der Waals surface area contributed by atoms with Crippen molar-refractivity contribution in [1.29, 1.82) is 0 Å². The summed E-state index contributed by atoms with van der Waals surface area (Å²) in [4.78, 5) is 0. The summed E-state index contributed by atoms with van der Waals surface area (Å²) in [5.74, 6) is 0. The van der Waals surface area contributed by atoms with E-state index in [0.29, 0.717) is 5.41 Å². The molecule has 0 atom stereocenters. The van der Waals surface area contributed by atoms with Crippen molar-refractivity contribution in [1.82, 2.24) is 0 Å². The van der Waals surface area contributed by atoms with Crippen molar-refractivity contribution in [3.8, 4) is 0 Å². The summed E-state index contributed by atoms with van der Waals surface area (Å²) in [5, 5.41) is 0. The van der Waals surface area contributed by atoms with Gasteiger partial charge in [-0.05, 0) is 23.3 Å². The van der Waals surface area contributed by atoms with E-state index < -0.39 is 6.00 Å². The molecular formula is C9H19Cl3Si. The van der Waals surface area contributed by atoms with Gasteiger partial charge in [-0.3, -0.25) is 0 Å². The lowest BCUT2D eigenvalue weighted by atomic mass is 9.77. The van der Waals surface area contributed by atoms with Crippen LogP contribution in [0.25, 0.3) is 0 Å². The molecule has 0 radical (unpaired) electrons. The zero-order valence-electron chi connectivity index (χ0n) is 9.05. The summed E-state index contributed by atoms with van der Waals surface area (Å²) < 4.78 is 0. The second-order valence-electron chi connectivity index (χ2n) is 5.69. The summed E-state index contributed by atoms with van der Waals surface area (Å²) >= 11 is 17.7. The molecular weight excluding hydrogens is 243 g/mol. The van der Waals surface area contributed by atoms with Crippen molar-refractivity contribution in [3.63, 3.8) is 0 Å². The van der Waals surface area contributed by atoms with Crippen LogP contribution in [0.1, 0.15) is 41.0 Å². The van der Waals surface area contributed by atoms with Gasteiger partial charge < -0.3 is 0 Å².